The fourth-order valence-electron chi connectivity index (χ4n) is 11.7. The number of aliphatic hydroxyl groups excluding tert-OH is 1. The van der Waals surface area contributed by atoms with Crippen LogP contribution in [-0.2, 0) is 59.2 Å². The van der Waals surface area contributed by atoms with Gasteiger partial charge in [0.05, 0.1) is 11.8 Å². The van der Waals surface area contributed by atoms with E-state index < -0.39 is 155 Å². The first-order valence-electron chi connectivity index (χ1n) is 32.7. The van der Waals surface area contributed by atoms with Gasteiger partial charge in [-0.25, -0.2) is 0 Å². The standard InChI is InChI=1S/C66H115N13O12/c1-25-47-62(87)73(18)45(17)61(86)74(19)49(33-37(4)5)58(83)71-52(40(10)11)65(90)75(20)48(32-36(2)3)57(82)68-43(15)56(81)69-44(16)60(85)76(21)50(34-38(6)7)63(88)77(22)51(35-39(8)9)64(89)78(23)53(41(12)13)66(91)79(24)54(59(84)70-47)55(80)42(14)28-26-29-46-30-27-31-67-72-46/h27,30-31,36-45,47-55,80H,25-26,28-29,32-35H2,1-24H3,(H,68,82)(H,69,81)(H,70,84)(H,71,83)/t42-,43-,44+,45-,47-,48-,49+,50-,51-,52-,53-,54-,55-/m1/s1. The number of hydrogen-bond donors (Lipinski definition) is 5. The van der Waals surface area contributed by atoms with E-state index in [4.69, 9.17) is 0 Å². The third-order valence-electron chi connectivity index (χ3n) is 17.5. The molecule has 1 aromatic rings. The Morgan fingerprint density at radius 2 is 0.901 bits per heavy atom. The maximum absolute atomic E-state index is 15.4. The molecule has 1 aliphatic heterocycles. The van der Waals surface area contributed by atoms with Crippen molar-refractivity contribution in [3.8, 4) is 0 Å². The maximum atomic E-state index is 15.4. The Balaban J connectivity index is 3.00. The van der Waals surface area contributed by atoms with Crippen molar-refractivity contribution in [1.29, 1.82) is 0 Å². The van der Waals surface area contributed by atoms with E-state index in [1.165, 1.54) is 94.6 Å². The number of amides is 11. The molecule has 11 amide bonds. The highest BCUT2D eigenvalue weighted by atomic mass is 16.3. The van der Waals surface area contributed by atoms with Crippen molar-refractivity contribution < 1.29 is 57.8 Å². The molecule has 516 valence electrons. The molecule has 25 heteroatoms. The van der Waals surface area contributed by atoms with Crippen molar-refractivity contribution in [3.05, 3.63) is 24.0 Å². The Morgan fingerprint density at radius 3 is 1.36 bits per heavy atom. The minimum atomic E-state index is -1.65. The Hall–Kier alpha value is -6.79. The van der Waals surface area contributed by atoms with Gasteiger partial charge in [0.15, 0.2) is 0 Å². The lowest BCUT2D eigenvalue weighted by molar-refractivity contribution is -0.157. The fourth-order valence-corrected chi connectivity index (χ4v) is 11.7. The van der Waals surface area contributed by atoms with Crippen molar-refractivity contribution in [2.24, 2.45) is 41.4 Å². The molecule has 5 N–H and O–H groups in total. The molecule has 0 bridgehead atoms. The van der Waals surface area contributed by atoms with Gasteiger partial charge in [-0.2, -0.15) is 10.2 Å². The summed E-state index contributed by atoms with van der Waals surface area (Å²) in [5, 5.41) is 31.6. The molecule has 1 aliphatic rings. The van der Waals surface area contributed by atoms with Gasteiger partial charge in [0, 0.05) is 55.5 Å². The average Bonchev–Trinajstić information content (AvgIpc) is 0.883. The average molecular weight is 1280 g/mol. The zero-order valence-electron chi connectivity index (χ0n) is 59.3. The third-order valence-corrected chi connectivity index (χ3v) is 17.5. The number of carbonyl (C=O) groups excluding carboxylic acids is 11. The van der Waals surface area contributed by atoms with Gasteiger partial charge >= 0.3 is 0 Å². The van der Waals surface area contributed by atoms with Crippen LogP contribution in [-0.4, -0.2) is 236 Å². The lowest BCUT2D eigenvalue weighted by Gasteiger charge is -2.41. The summed E-state index contributed by atoms with van der Waals surface area (Å²) < 4.78 is 0. The molecule has 91 heavy (non-hydrogen) atoms. The quantitative estimate of drug-likeness (QED) is 0.149. The van der Waals surface area contributed by atoms with Gasteiger partial charge in [-0.15, -0.1) is 0 Å². The van der Waals surface area contributed by atoms with Gasteiger partial charge in [0.25, 0.3) is 0 Å². The minimum Gasteiger partial charge on any atom is -0.390 e. The number of nitrogens with zero attached hydrogens (tertiary/aromatic N) is 9. The van der Waals surface area contributed by atoms with Crippen molar-refractivity contribution in [3.63, 3.8) is 0 Å². The van der Waals surface area contributed by atoms with Gasteiger partial charge in [0.2, 0.25) is 65.0 Å². The summed E-state index contributed by atoms with van der Waals surface area (Å²) in [6.07, 6.45) is 1.97. The molecule has 0 unspecified atom stereocenters. The molecule has 1 fully saturated rings. The monoisotopic (exact) mass is 1280 g/mol. The van der Waals surface area contributed by atoms with Crippen LogP contribution in [0.2, 0.25) is 0 Å². The maximum Gasteiger partial charge on any atom is 0.246 e. The van der Waals surface area contributed by atoms with Crippen molar-refractivity contribution in [2.75, 3.05) is 49.3 Å². The number of aryl methyl sites for hydroxylation is 1. The predicted molar refractivity (Wildman–Crippen MR) is 349 cm³/mol. The molecule has 0 aromatic carbocycles. The van der Waals surface area contributed by atoms with Crippen LogP contribution in [0, 0.1) is 41.4 Å². The first-order valence-corrected chi connectivity index (χ1v) is 32.7. The Bertz CT molecular complexity index is 2620. The Labute approximate surface area is 543 Å². The van der Waals surface area contributed by atoms with E-state index >= 15 is 19.2 Å². The summed E-state index contributed by atoms with van der Waals surface area (Å²) in [5.41, 5.74) is 0.714. The van der Waals surface area contributed by atoms with Crippen LogP contribution < -0.4 is 21.3 Å². The third kappa shape index (κ3) is 22.2. The van der Waals surface area contributed by atoms with Crippen LogP contribution in [0.4, 0.5) is 0 Å². The first-order chi connectivity index (χ1) is 42.2. The lowest BCUT2D eigenvalue weighted by atomic mass is 9.90. The van der Waals surface area contributed by atoms with E-state index in [0.717, 1.165) is 9.80 Å². The summed E-state index contributed by atoms with van der Waals surface area (Å²) in [6.45, 7) is 29.6. The number of carbonyl (C=O) groups is 11. The fraction of sp³-hybridized carbons (Fsp3) is 0.773. The zero-order chi connectivity index (χ0) is 70.0. The molecule has 0 spiro atoms. The highest BCUT2D eigenvalue weighted by Crippen LogP contribution is 2.26. The van der Waals surface area contributed by atoms with Gasteiger partial charge in [0.1, 0.15) is 66.5 Å². The summed E-state index contributed by atoms with van der Waals surface area (Å²) >= 11 is 0. The molecule has 0 aliphatic carbocycles. The highest BCUT2D eigenvalue weighted by Gasteiger charge is 2.46. The van der Waals surface area contributed by atoms with E-state index in [9.17, 15) is 38.7 Å². The second-order valence-corrected chi connectivity index (χ2v) is 27.8. The zero-order valence-corrected chi connectivity index (χ0v) is 59.3. The topological polar surface area (TPSA) is 305 Å². The van der Waals surface area contributed by atoms with Crippen LogP contribution >= 0.6 is 0 Å². The van der Waals surface area contributed by atoms with E-state index in [2.05, 4.69) is 31.5 Å². The van der Waals surface area contributed by atoms with Gasteiger partial charge in [-0.05, 0) is 126 Å². The van der Waals surface area contributed by atoms with Crippen LogP contribution in [0.3, 0.4) is 0 Å². The predicted octanol–water partition coefficient (Wildman–Crippen LogP) is 3.50. The van der Waals surface area contributed by atoms with Gasteiger partial charge in [-0.3, -0.25) is 52.7 Å². The second kappa shape index (κ2) is 36.5. The summed E-state index contributed by atoms with van der Waals surface area (Å²) in [7, 11) is 9.95. The van der Waals surface area contributed by atoms with Crippen LogP contribution in [0.1, 0.15) is 168 Å². The van der Waals surface area contributed by atoms with Crippen molar-refractivity contribution in [1.82, 2.24) is 65.8 Å². The molecule has 0 saturated carbocycles. The molecule has 1 saturated heterocycles. The molecular weight excluding hydrogens is 1170 g/mol. The second-order valence-electron chi connectivity index (χ2n) is 27.8. The van der Waals surface area contributed by atoms with Gasteiger partial charge < -0.3 is 60.7 Å². The summed E-state index contributed by atoms with van der Waals surface area (Å²) in [4.78, 5) is 171. The van der Waals surface area contributed by atoms with Gasteiger partial charge in [-0.1, -0.05) is 96.9 Å². The summed E-state index contributed by atoms with van der Waals surface area (Å²) in [5.74, 6) is -9.90. The number of likely N-dealkylation sites (N-methyl/N-ethyl adjacent to an activating group) is 7. The highest BCUT2D eigenvalue weighted by molar-refractivity contribution is 6.00. The number of rotatable bonds is 17. The van der Waals surface area contributed by atoms with E-state index in [1.54, 1.807) is 53.8 Å². The smallest absolute Gasteiger partial charge is 0.246 e. The van der Waals surface area contributed by atoms with Crippen LogP contribution in [0.5, 0.6) is 0 Å². The number of nitrogens with one attached hydrogen (secondary N) is 4. The van der Waals surface area contributed by atoms with E-state index in [1.807, 2.05) is 61.5 Å². The minimum absolute atomic E-state index is 0.00130. The van der Waals surface area contributed by atoms with Crippen molar-refractivity contribution in [2.45, 2.75) is 242 Å². The Morgan fingerprint density at radius 1 is 0.462 bits per heavy atom. The molecule has 25 nitrogen and oxygen atoms in total. The van der Waals surface area contributed by atoms with Crippen LogP contribution in [0.25, 0.3) is 0 Å². The van der Waals surface area contributed by atoms with E-state index in [0.29, 0.717) is 25.0 Å². The molecule has 0 radical (unpaired) electrons. The molecule has 1 aromatic heterocycles. The molecule has 2 rings (SSSR count). The number of aliphatic hydroxyl groups is 1. The van der Waals surface area contributed by atoms with Crippen molar-refractivity contribution >= 4 is 65.0 Å². The summed E-state index contributed by atoms with van der Waals surface area (Å²) in [6, 6.07) is -10.2. The normalized spacial score (nSPS) is 26.6. The van der Waals surface area contributed by atoms with E-state index in [-0.39, 0.29) is 55.8 Å². The molecule has 2 heterocycles. The SMILES string of the molecule is CC[C@H]1NC(=O)[C@@H]([C@H](O)[C@H](C)CCCc2cccnn2)N(C)C(=O)[C@@H](C(C)C)N(C)C(=O)[C@@H](CC(C)C)N(C)C(=O)[C@@H](CC(C)C)N(C)C(=O)[C@H](C)NC(=O)[C@@H](C)NC(=O)[C@@H](CC(C)C)N(C)C(=O)[C@@H](C(C)C)NC(=O)[C@H](CC(C)C)N(C)C(=O)[C@@H](C)N(C)C1=O. The lowest BCUT2D eigenvalue weighted by Crippen LogP contribution is -2.64. The number of hydrogen-bond acceptors (Lipinski definition) is 14. The molecule has 13 atom stereocenters. The largest absolute Gasteiger partial charge is 0.390 e. The van der Waals surface area contributed by atoms with Crippen LogP contribution in [0.15, 0.2) is 18.3 Å². The number of aromatic nitrogens is 2. The molecular formula is C66H115N13O12. The Kier molecular flexibility index (Phi) is 32.2. The first kappa shape index (κ1) is 80.3.